The molecule has 1 atom stereocenters. The Labute approximate surface area is 119 Å². The Morgan fingerprint density at radius 3 is 2.90 bits per heavy atom. The molecule has 0 bridgehead atoms. The summed E-state index contributed by atoms with van der Waals surface area (Å²) in [5, 5.41) is 3.36. The van der Waals surface area contributed by atoms with Gasteiger partial charge in [0.2, 0.25) is 0 Å². The molecule has 1 unspecified atom stereocenters. The van der Waals surface area contributed by atoms with Crippen molar-refractivity contribution in [3.05, 3.63) is 34.2 Å². The number of nitrogens with one attached hydrogen (secondary N) is 2. The van der Waals surface area contributed by atoms with Crippen LogP contribution in [-0.2, 0) is 0 Å². The van der Waals surface area contributed by atoms with Crippen LogP contribution >= 0.6 is 0 Å². The SMILES string of the molecule is CC(C)N(CC1CCCNC1)C(=O)c1c[nH]ccc1=O. The third-order valence-corrected chi connectivity index (χ3v) is 3.79. The van der Waals surface area contributed by atoms with Crippen molar-refractivity contribution in [3.63, 3.8) is 0 Å². The van der Waals surface area contributed by atoms with Crippen LogP contribution in [0.4, 0.5) is 0 Å². The fourth-order valence-electron chi connectivity index (χ4n) is 2.62. The summed E-state index contributed by atoms with van der Waals surface area (Å²) < 4.78 is 0. The highest BCUT2D eigenvalue weighted by Crippen LogP contribution is 2.15. The normalized spacial score (nSPS) is 19.1. The summed E-state index contributed by atoms with van der Waals surface area (Å²) >= 11 is 0. The number of rotatable bonds is 4. The Morgan fingerprint density at radius 2 is 2.30 bits per heavy atom. The molecular weight excluding hydrogens is 254 g/mol. The molecule has 1 aliphatic rings. The summed E-state index contributed by atoms with van der Waals surface area (Å²) in [5.74, 6) is 0.297. The molecule has 1 fully saturated rings. The van der Waals surface area contributed by atoms with Gasteiger partial charge in [0, 0.05) is 31.0 Å². The molecule has 1 aromatic heterocycles. The number of aromatic amines is 1. The highest BCUT2D eigenvalue weighted by Gasteiger charge is 2.25. The monoisotopic (exact) mass is 277 g/mol. The van der Waals surface area contributed by atoms with Gasteiger partial charge in [-0.05, 0) is 45.7 Å². The van der Waals surface area contributed by atoms with Crippen molar-refractivity contribution in [1.82, 2.24) is 15.2 Å². The molecule has 2 N–H and O–H groups in total. The number of H-pyrrole nitrogens is 1. The predicted molar refractivity (Wildman–Crippen MR) is 78.8 cm³/mol. The van der Waals surface area contributed by atoms with E-state index in [4.69, 9.17) is 0 Å². The van der Waals surface area contributed by atoms with Crippen molar-refractivity contribution in [2.24, 2.45) is 5.92 Å². The van der Waals surface area contributed by atoms with Gasteiger partial charge in [-0.25, -0.2) is 0 Å². The molecule has 1 saturated heterocycles. The van der Waals surface area contributed by atoms with Crippen molar-refractivity contribution < 1.29 is 4.79 Å². The lowest BCUT2D eigenvalue weighted by Gasteiger charge is -2.32. The van der Waals surface area contributed by atoms with Gasteiger partial charge in [0.15, 0.2) is 5.43 Å². The third kappa shape index (κ3) is 3.48. The molecule has 0 aliphatic carbocycles. The lowest BCUT2D eigenvalue weighted by molar-refractivity contribution is 0.0659. The minimum atomic E-state index is -0.221. The zero-order valence-electron chi connectivity index (χ0n) is 12.2. The molecule has 1 amide bonds. The Kier molecular flexibility index (Phi) is 4.95. The lowest BCUT2D eigenvalue weighted by Crippen LogP contribution is -2.45. The van der Waals surface area contributed by atoms with Crippen LogP contribution in [0.2, 0.25) is 0 Å². The maximum atomic E-state index is 12.6. The summed E-state index contributed by atoms with van der Waals surface area (Å²) in [4.78, 5) is 29.0. The molecule has 5 heteroatoms. The molecule has 2 rings (SSSR count). The van der Waals surface area contributed by atoms with Gasteiger partial charge in [0.1, 0.15) is 5.56 Å². The maximum absolute atomic E-state index is 12.6. The molecule has 0 spiro atoms. The van der Waals surface area contributed by atoms with E-state index in [1.165, 1.54) is 12.3 Å². The number of aromatic nitrogens is 1. The van der Waals surface area contributed by atoms with Crippen molar-refractivity contribution >= 4 is 5.91 Å². The second-order valence-electron chi connectivity index (χ2n) is 5.69. The van der Waals surface area contributed by atoms with Crippen LogP contribution in [0.1, 0.15) is 37.0 Å². The standard InChI is InChI=1S/C15H23N3O2/c1-11(2)18(10-12-4-3-6-16-8-12)15(20)13-9-17-7-5-14(13)19/h5,7,9,11-12,16H,3-4,6,8,10H2,1-2H3,(H,17,19). The van der Waals surface area contributed by atoms with Gasteiger partial charge >= 0.3 is 0 Å². The van der Waals surface area contributed by atoms with Gasteiger partial charge in [-0.15, -0.1) is 0 Å². The Hall–Kier alpha value is -1.62. The molecule has 20 heavy (non-hydrogen) atoms. The highest BCUT2D eigenvalue weighted by molar-refractivity contribution is 5.94. The second kappa shape index (κ2) is 6.70. The van der Waals surface area contributed by atoms with Crippen molar-refractivity contribution in [3.8, 4) is 0 Å². The van der Waals surface area contributed by atoms with Crippen LogP contribution in [-0.4, -0.2) is 41.5 Å². The molecule has 1 aliphatic heterocycles. The number of carbonyl (C=O) groups excluding carboxylic acids is 1. The molecule has 1 aromatic rings. The van der Waals surface area contributed by atoms with Crippen LogP contribution in [0.15, 0.2) is 23.3 Å². The fourth-order valence-corrected chi connectivity index (χ4v) is 2.62. The molecule has 0 aromatic carbocycles. The fraction of sp³-hybridized carbons (Fsp3) is 0.600. The summed E-state index contributed by atoms with van der Waals surface area (Å²) in [6.45, 7) is 6.69. The summed E-state index contributed by atoms with van der Waals surface area (Å²) in [6, 6.07) is 1.48. The van der Waals surface area contributed by atoms with E-state index < -0.39 is 0 Å². The van der Waals surface area contributed by atoms with Gasteiger partial charge in [0.25, 0.3) is 5.91 Å². The van der Waals surface area contributed by atoms with E-state index in [2.05, 4.69) is 10.3 Å². The number of hydrogen-bond donors (Lipinski definition) is 2. The van der Waals surface area contributed by atoms with Crippen LogP contribution < -0.4 is 10.7 Å². The zero-order valence-corrected chi connectivity index (χ0v) is 12.2. The third-order valence-electron chi connectivity index (χ3n) is 3.79. The lowest BCUT2D eigenvalue weighted by atomic mass is 9.98. The second-order valence-corrected chi connectivity index (χ2v) is 5.69. The van der Waals surface area contributed by atoms with E-state index in [0.717, 1.165) is 25.9 Å². The summed E-state index contributed by atoms with van der Waals surface area (Å²) in [6.07, 6.45) is 5.33. The van der Waals surface area contributed by atoms with Crippen LogP contribution in [0.25, 0.3) is 0 Å². The first-order valence-corrected chi connectivity index (χ1v) is 7.28. The first-order valence-electron chi connectivity index (χ1n) is 7.28. The van der Waals surface area contributed by atoms with E-state index in [9.17, 15) is 9.59 Å². The molecule has 0 radical (unpaired) electrons. The molecule has 0 saturated carbocycles. The smallest absolute Gasteiger partial charge is 0.259 e. The first kappa shape index (κ1) is 14.8. The number of nitrogens with zero attached hydrogens (tertiary/aromatic N) is 1. The van der Waals surface area contributed by atoms with Crippen LogP contribution in [0.5, 0.6) is 0 Å². The minimum Gasteiger partial charge on any atom is -0.367 e. The van der Waals surface area contributed by atoms with Gasteiger partial charge in [-0.1, -0.05) is 0 Å². The van der Waals surface area contributed by atoms with E-state index >= 15 is 0 Å². The molecule has 110 valence electrons. The Morgan fingerprint density at radius 1 is 1.50 bits per heavy atom. The number of carbonyl (C=O) groups is 1. The van der Waals surface area contributed by atoms with Gasteiger partial charge in [-0.3, -0.25) is 9.59 Å². The Balaban J connectivity index is 2.13. The molecule has 2 heterocycles. The number of piperidine rings is 1. The van der Waals surface area contributed by atoms with Crippen LogP contribution in [0.3, 0.4) is 0 Å². The largest absolute Gasteiger partial charge is 0.367 e. The first-order chi connectivity index (χ1) is 9.59. The van der Waals surface area contributed by atoms with Crippen molar-refractivity contribution in [2.45, 2.75) is 32.7 Å². The number of hydrogen-bond acceptors (Lipinski definition) is 3. The highest BCUT2D eigenvalue weighted by atomic mass is 16.2. The average Bonchev–Trinajstić information content (AvgIpc) is 2.45. The quantitative estimate of drug-likeness (QED) is 0.870. The maximum Gasteiger partial charge on any atom is 0.259 e. The molecule has 5 nitrogen and oxygen atoms in total. The average molecular weight is 277 g/mol. The van der Waals surface area contributed by atoms with Crippen molar-refractivity contribution in [1.29, 1.82) is 0 Å². The van der Waals surface area contributed by atoms with Gasteiger partial charge in [-0.2, -0.15) is 0 Å². The van der Waals surface area contributed by atoms with Gasteiger partial charge < -0.3 is 15.2 Å². The zero-order chi connectivity index (χ0) is 14.5. The van der Waals surface area contributed by atoms with Gasteiger partial charge in [0.05, 0.1) is 0 Å². The predicted octanol–water partition coefficient (Wildman–Crippen LogP) is 1.23. The Bertz CT molecular complexity index is 504. The summed E-state index contributed by atoms with van der Waals surface area (Å²) in [5.41, 5.74) is 0.00568. The number of amides is 1. The van der Waals surface area contributed by atoms with Crippen molar-refractivity contribution in [2.75, 3.05) is 19.6 Å². The van der Waals surface area contributed by atoms with E-state index in [1.807, 2.05) is 18.7 Å². The summed E-state index contributed by atoms with van der Waals surface area (Å²) in [7, 11) is 0. The molecular formula is C15H23N3O2. The van der Waals surface area contributed by atoms with E-state index in [0.29, 0.717) is 12.5 Å². The van der Waals surface area contributed by atoms with E-state index in [1.54, 1.807) is 6.20 Å². The van der Waals surface area contributed by atoms with Crippen LogP contribution in [0, 0.1) is 5.92 Å². The minimum absolute atomic E-state index is 0.0871. The number of pyridine rings is 1. The topological polar surface area (TPSA) is 65.2 Å². The van der Waals surface area contributed by atoms with E-state index in [-0.39, 0.29) is 22.9 Å².